The molecule has 0 saturated carbocycles. The molecule has 1 heterocycles. The summed E-state index contributed by atoms with van der Waals surface area (Å²) < 4.78 is 5.39. The van der Waals surface area contributed by atoms with E-state index in [2.05, 4.69) is 5.32 Å². The number of β-amino-alcohol motifs (C(OH)–C–C–N with tert-alkyl or cyclic N) is 1. The van der Waals surface area contributed by atoms with Gasteiger partial charge in [-0.1, -0.05) is 30.3 Å². The number of rotatable bonds is 4. The second-order valence-corrected chi connectivity index (χ2v) is 6.27. The molecule has 6 heteroatoms. The quantitative estimate of drug-likeness (QED) is 0.796. The summed E-state index contributed by atoms with van der Waals surface area (Å²) in [5.41, 5.74) is 1.34. The molecule has 3 rings (SSSR count). The summed E-state index contributed by atoms with van der Waals surface area (Å²) in [4.78, 5) is 13.9. The molecule has 1 fully saturated rings. The Balaban J connectivity index is 1.75. The highest BCUT2D eigenvalue weighted by atomic mass is 16.5. The number of ether oxygens (including phenoxy) is 1. The number of hydrogen-bond acceptors (Lipinski definition) is 4. The minimum atomic E-state index is -1.20. The fraction of sp³-hybridized carbons (Fsp3) is 0.316. The van der Waals surface area contributed by atoms with E-state index in [1.165, 1.54) is 4.90 Å². The Kier molecular flexibility index (Phi) is 4.92. The number of nitrogens with zero attached hydrogens (tertiary/aromatic N) is 1. The summed E-state index contributed by atoms with van der Waals surface area (Å²) in [5, 5.41) is 22.1. The van der Waals surface area contributed by atoms with Gasteiger partial charge in [-0.05, 0) is 30.2 Å². The van der Waals surface area contributed by atoms with E-state index in [-0.39, 0.29) is 19.2 Å². The Hall–Kier alpha value is -2.57. The Labute approximate surface area is 146 Å². The largest absolute Gasteiger partial charge is 0.496 e. The number of nitrogens with one attached hydrogen (secondary N) is 1. The Bertz CT molecular complexity index is 765. The number of benzene rings is 2. The van der Waals surface area contributed by atoms with Crippen LogP contribution in [-0.2, 0) is 0 Å². The van der Waals surface area contributed by atoms with Crippen molar-refractivity contribution in [2.45, 2.75) is 12.0 Å². The highest BCUT2D eigenvalue weighted by Crippen LogP contribution is 2.31. The van der Waals surface area contributed by atoms with Crippen LogP contribution < -0.4 is 10.1 Å². The summed E-state index contributed by atoms with van der Waals surface area (Å²) in [6, 6.07) is 14.9. The first-order valence-electron chi connectivity index (χ1n) is 8.17. The molecule has 2 amide bonds. The van der Waals surface area contributed by atoms with E-state index in [0.29, 0.717) is 18.7 Å². The predicted molar refractivity (Wildman–Crippen MR) is 95.7 cm³/mol. The van der Waals surface area contributed by atoms with Gasteiger partial charge in [-0.2, -0.15) is 0 Å². The summed E-state index contributed by atoms with van der Waals surface area (Å²) in [5.74, 6) is 0.763. The number of para-hydroxylation sites is 1. The Morgan fingerprint density at radius 3 is 2.80 bits per heavy atom. The fourth-order valence-electron chi connectivity index (χ4n) is 3.01. The molecule has 2 aromatic rings. The molecule has 1 aliphatic rings. The minimum absolute atomic E-state index is 0.127. The maximum absolute atomic E-state index is 12.4. The van der Waals surface area contributed by atoms with Crippen LogP contribution in [-0.4, -0.2) is 53.6 Å². The predicted octanol–water partition coefficient (Wildman–Crippen LogP) is 2.32. The molecule has 0 bridgehead atoms. The van der Waals surface area contributed by atoms with E-state index in [9.17, 15) is 15.0 Å². The van der Waals surface area contributed by atoms with E-state index < -0.39 is 5.60 Å². The fourth-order valence-corrected chi connectivity index (χ4v) is 3.01. The first-order chi connectivity index (χ1) is 12.0. The third-order valence-corrected chi connectivity index (χ3v) is 4.45. The molecule has 0 spiro atoms. The van der Waals surface area contributed by atoms with Crippen LogP contribution in [0.4, 0.5) is 10.5 Å². The van der Waals surface area contributed by atoms with Crippen molar-refractivity contribution in [3.05, 3.63) is 48.5 Å². The third-order valence-electron chi connectivity index (χ3n) is 4.45. The van der Waals surface area contributed by atoms with Crippen LogP contribution in [0.2, 0.25) is 0 Å². The first kappa shape index (κ1) is 17.3. The van der Waals surface area contributed by atoms with Crippen LogP contribution in [0.1, 0.15) is 6.42 Å². The van der Waals surface area contributed by atoms with Crippen LogP contribution in [0.25, 0.3) is 11.1 Å². The Morgan fingerprint density at radius 2 is 2.08 bits per heavy atom. The number of likely N-dealkylation sites (tertiary alicyclic amines) is 1. The van der Waals surface area contributed by atoms with Crippen molar-refractivity contribution in [2.24, 2.45) is 0 Å². The smallest absolute Gasteiger partial charge is 0.321 e. The molecular weight excluding hydrogens is 320 g/mol. The molecule has 25 heavy (non-hydrogen) atoms. The van der Waals surface area contributed by atoms with Crippen LogP contribution in [0.15, 0.2) is 48.5 Å². The summed E-state index contributed by atoms with van der Waals surface area (Å²) in [6.45, 7) is 0.191. The van der Waals surface area contributed by atoms with E-state index in [1.54, 1.807) is 7.11 Å². The summed E-state index contributed by atoms with van der Waals surface area (Å²) in [6.07, 6.45) is 0.373. The molecule has 1 unspecified atom stereocenters. The van der Waals surface area contributed by atoms with Crippen LogP contribution in [0.5, 0.6) is 5.75 Å². The van der Waals surface area contributed by atoms with Gasteiger partial charge in [-0.15, -0.1) is 0 Å². The number of aliphatic hydroxyl groups excluding tert-OH is 1. The lowest BCUT2D eigenvalue weighted by molar-refractivity contribution is -0.00246. The molecule has 1 aliphatic heterocycles. The number of carbonyl (C=O) groups excluding carboxylic acids is 1. The van der Waals surface area contributed by atoms with Gasteiger partial charge in [0.25, 0.3) is 0 Å². The topological polar surface area (TPSA) is 82.0 Å². The van der Waals surface area contributed by atoms with Gasteiger partial charge in [-0.25, -0.2) is 4.79 Å². The zero-order valence-electron chi connectivity index (χ0n) is 14.1. The van der Waals surface area contributed by atoms with Crippen LogP contribution in [0, 0.1) is 0 Å². The molecule has 3 N–H and O–H groups in total. The van der Waals surface area contributed by atoms with E-state index >= 15 is 0 Å². The average molecular weight is 342 g/mol. The molecule has 132 valence electrons. The van der Waals surface area contributed by atoms with Crippen molar-refractivity contribution >= 4 is 11.7 Å². The number of aliphatic hydroxyl groups is 2. The first-order valence-corrected chi connectivity index (χ1v) is 8.17. The van der Waals surface area contributed by atoms with Crippen molar-refractivity contribution in [3.63, 3.8) is 0 Å². The SMILES string of the molecule is COc1ccccc1-c1cccc(NC(=O)N2CCC(O)(CO)C2)c1. The molecule has 1 saturated heterocycles. The lowest BCUT2D eigenvalue weighted by atomic mass is 10.0. The average Bonchev–Trinajstić information content (AvgIpc) is 3.05. The molecule has 0 aromatic heterocycles. The summed E-state index contributed by atoms with van der Waals surface area (Å²) in [7, 11) is 1.63. The normalized spacial score (nSPS) is 19.7. The minimum Gasteiger partial charge on any atom is -0.496 e. The van der Waals surface area contributed by atoms with E-state index in [0.717, 1.165) is 16.9 Å². The van der Waals surface area contributed by atoms with Crippen molar-refractivity contribution in [1.82, 2.24) is 4.90 Å². The van der Waals surface area contributed by atoms with Gasteiger partial charge in [0.15, 0.2) is 0 Å². The van der Waals surface area contributed by atoms with Crippen LogP contribution >= 0.6 is 0 Å². The second kappa shape index (κ2) is 7.13. The van der Waals surface area contributed by atoms with Gasteiger partial charge in [0.1, 0.15) is 11.4 Å². The highest BCUT2D eigenvalue weighted by molar-refractivity contribution is 5.90. The van der Waals surface area contributed by atoms with Crippen LogP contribution in [0.3, 0.4) is 0 Å². The van der Waals surface area contributed by atoms with Gasteiger partial charge in [-0.3, -0.25) is 0 Å². The van der Waals surface area contributed by atoms with Crippen molar-refractivity contribution < 1.29 is 19.7 Å². The van der Waals surface area contributed by atoms with Crippen molar-refractivity contribution in [1.29, 1.82) is 0 Å². The van der Waals surface area contributed by atoms with Gasteiger partial charge in [0, 0.05) is 17.8 Å². The standard InChI is InChI=1S/C19H22N2O4/c1-25-17-8-3-2-7-16(17)14-5-4-6-15(11-14)20-18(23)21-10-9-19(24,12-21)13-22/h2-8,11,22,24H,9-10,12-13H2,1H3,(H,20,23). The number of anilines is 1. The Morgan fingerprint density at radius 1 is 1.28 bits per heavy atom. The zero-order chi connectivity index (χ0) is 17.9. The zero-order valence-corrected chi connectivity index (χ0v) is 14.1. The number of carbonyl (C=O) groups is 1. The van der Waals surface area contributed by atoms with Gasteiger partial charge >= 0.3 is 6.03 Å². The molecule has 0 radical (unpaired) electrons. The van der Waals surface area contributed by atoms with Gasteiger partial charge in [0.05, 0.1) is 20.3 Å². The van der Waals surface area contributed by atoms with Crippen molar-refractivity contribution in [3.8, 4) is 16.9 Å². The number of hydrogen-bond donors (Lipinski definition) is 3. The lowest BCUT2D eigenvalue weighted by Gasteiger charge is -2.21. The lowest BCUT2D eigenvalue weighted by Crippen LogP contribution is -2.40. The molecule has 2 aromatic carbocycles. The summed E-state index contributed by atoms with van der Waals surface area (Å²) >= 11 is 0. The molecule has 0 aliphatic carbocycles. The molecular formula is C19H22N2O4. The van der Waals surface area contributed by atoms with Gasteiger partial charge in [0.2, 0.25) is 0 Å². The highest BCUT2D eigenvalue weighted by Gasteiger charge is 2.37. The van der Waals surface area contributed by atoms with Gasteiger partial charge < -0.3 is 25.2 Å². The molecule has 1 atom stereocenters. The maximum atomic E-state index is 12.4. The van der Waals surface area contributed by atoms with Crippen molar-refractivity contribution in [2.75, 3.05) is 32.1 Å². The second-order valence-electron chi connectivity index (χ2n) is 6.27. The third kappa shape index (κ3) is 3.75. The van der Waals surface area contributed by atoms with E-state index in [4.69, 9.17) is 4.74 Å². The molecule has 6 nitrogen and oxygen atoms in total. The van der Waals surface area contributed by atoms with E-state index in [1.807, 2.05) is 48.5 Å². The monoisotopic (exact) mass is 342 g/mol. The number of amides is 2. The number of methoxy groups -OCH3 is 1. The number of urea groups is 1. The maximum Gasteiger partial charge on any atom is 0.321 e.